The Morgan fingerprint density at radius 1 is 1.08 bits per heavy atom. The first-order valence-electron chi connectivity index (χ1n) is 9.43. The molecule has 2 aliphatic rings. The number of hydrogen-bond acceptors (Lipinski definition) is 3. The number of rotatable bonds is 6. The monoisotopic (exact) mass is 330 g/mol. The first-order chi connectivity index (χ1) is 11.7. The van der Waals surface area contributed by atoms with Crippen LogP contribution in [0.15, 0.2) is 30.3 Å². The molecule has 0 unspecified atom stereocenters. The van der Waals surface area contributed by atoms with Crippen molar-refractivity contribution in [2.75, 3.05) is 26.2 Å². The lowest BCUT2D eigenvalue weighted by Crippen LogP contribution is -2.49. The Labute approximate surface area is 145 Å². The van der Waals surface area contributed by atoms with Crippen LogP contribution in [0.2, 0.25) is 0 Å². The van der Waals surface area contributed by atoms with E-state index < -0.39 is 0 Å². The molecule has 1 heterocycles. The molecular weight excluding hydrogens is 300 g/mol. The van der Waals surface area contributed by atoms with Gasteiger partial charge in [-0.25, -0.2) is 0 Å². The van der Waals surface area contributed by atoms with E-state index in [-0.39, 0.29) is 5.91 Å². The third-order valence-electron chi connectivity index (χ3n) is 5.43. The van der Waals surface area contributed by atoms with Crippen LogP contribution in [-0.2, 0) is 4.79 Å². The van der Waals surface area contributed by atoms with E-state index in [4.69, 9.17) is 4.74 Å². The van der Waals surface area contributed by atoms with Gasteiger partial charge < -0.3 is 9.64 Å². The fourth-order valence-electron chi connectivity index (χ4n) is 3.93. The molecule has 1 amide bonds. The Balaban J connectivity index is 1.45. The second-order valence-electron chi connectivity index (χ2n) is 7.10. The van der Waals surface area contributed by atoms with Crippen LogP contribution < -0.4 is 4.74 Å². The van der Waals surface area contributed by atoms with E-state index in [1.54, 1.807) is 6.92 Å². The summed E-state index contributed by atoms with van der Waals surface area (Å²) in [4.78, 5) is 16.8. The van der Waals surface area contributed by atoms with Gasteiger partial charge in [-0.15, -0.1) is 0 Å². The number of para-hydroxylation sites is 1. The average molecular weight is 330 g/mol. The molecule has 4 nitrogen and oxygen atoms in total. The smallest absolute Gasteiger partial charge is 0.219 e. The van der Waals surface area contributed by atoms with Crippen molar-refractivity contribution in [3.8, 4) is 5.75 Å². The maximum absolute atomic E-state index is 12.1. The summed E-state index contributed by atoms with van der Waals surface area (Å²) in [5.74, 6) is 1.21. The fourth-order valence-corrected chi connectivity index (χ4v) is 3.93. The number of amides is 1. The predicted molar refractivity (Wildman–Crippen MR) is 96.2 cm³/mol. The van der Waals surface area contributed by atoms with Gasteiger partial charge in [0.25, 0.3) is 0 Å². The molecule has 132 valence electrons. The number of benzene rings is 1. The molecule has 1 aromatic carbocycles. The molecule has 0 N–H and O–H groups in total. The van der Waals surface area contributed by atoms with Crippen LogP contribution in [0.5, 0.6) is 5.75 Å². The minimum absolute atomic E-state index is 0.269. The van der Waals surface area contributed by atoms with Gasteiger partial charge in [-0.2, -0.15) is 0 Å². The second-order valence-corrected chi connectivity index (χ2v) is 7.10. The van der Waals surface area contributed by atoms with E-state index in [1.807, 2.05) is 30.3 Å². The van der Waals surface area contributed by atoms with Gasteiger partial charge >= 0.3 is 0 Å². The Hall–Kier alpha value is -1.55. The predicted octanol–water partition coefficient (Wildman–Crippen LogP) is 3.32. The zero-order valence-electron chi connectivity index (χ0n) is 14.8. The molecule has 2 fully saturated rings. The third kappa shape index (κ3) is 4.50. The van der Waals surface area contributed by atoms with Crippen molar-refractivity contribution in [2.24, 2.45) is 0 Å². The zero-order valence-corrected chi connectivity index (χ0v) is 14.8. The summed E-state index contributed by atoms with van der Waals surface area (Å²) in [7, 11) is 0. The molecule has 4 heteroatoms. The standard InChI is InChI=1S/C20H30N2O2/c1-17(23)22(18-7-5-8-18)19-9-6-13-21(14-12-19)15-16-24-20-10-3-2-4-11-20/h2-4,10-11,18-19H,5-9,12-16H2,1H3/t19-/m0/s1. The highest BCUT2D eigenvalue weighted by Crippen LogP contribution is 2.30. The number of ether oxygens (including phenoxy) is 1. The normalized spacial score (nSPS) is 22.5. The molecule has 1 saturated carbocycles. The van der Waals surface area contributed by atoms with Crippen molar-refractivity contribution in [1.82, 2.24) is 9.80 Å². The Morgan fingerprint density at radius 2 is 1.79 bits per heavy atom. The lowest BCUT2D eigenvalue weighted by atomic mass is 9.89. The lowest BCUT2D eigenvalue weighted by molar-refractivity contribution is -0.136. The number of likely N-dealkylation sites (tertiary alicyclic amines) is 1. The number of nitrogens with zero attached hydrogens (tertiary/aromatic N) is 2. The van der Waals surface area contributed by atoms with Gasteiger partial charge in [0.05, 0.1) is 0 Å². The Kier molecular flexibility index (Phi) is 6.13. The molecule has 1 aliphatic carbocycles. The van der Waals surface area contributed by atoms with Crippen molar-refractivity contribution in [3.05, 3.63) is 30.3 Å². The lowest BCUT2D eigenvalue weighted by Gasteiger charge is -2.42. The van der Waals surface area contributed by atoms with Crippen molar-refractivity contribution < 1.29 is 9.53 Å². The molecule has 24 heavy (non-hydrogen) atoms. The molecule has 1 saturated heterocycles. The van der Waals surface area contributed by atoms with E-state index in [9.17, 15) is 4.79 Å². The highest BCUT2D eigenvalue weighted by molar-refractivity contribution is 5.74. The molecular formula is C20H30N2O2. The number of carbonyl (C=O) groups excluding carboxylic acids is 1. The van der Waals surface area contributed by atoms with Crippen LogP contribution >= 0.6 is 0 Å². The van der Waals surface area contributed by atoms with Crippen LogP contribution in [0.4, 0.5) is 0 Å². The molecule has 0 aromatic heterocycles. The van der Waals surface area contributed by atoms with Crippen LogP contribution in [0.25, 0.3) is 0 Å². The van der Waals surface area contributed by atoms with E-state index in [0.717, 1.165) is 44.8 Å². The summed E-state index contributed by atoms with van der Waals surface area (Å²) in [6, 6.07) is 11.0. The average Bonchev–Trinajstić information content (AvgIpc) is 2.77. The van der Waals surface area contributed by atoms with Gasteiger partial charge in [0.1, 0.15) is 12.4 Å². The van der Waals surface area contributed by atoms with E-state index >= 15 is 0 Å². The summed E-state index contributed by atoms with van der Waals surface area (Å²) >= 11 is 0. The number of hydrogen-bond donors (Lipinski definition) is 0. The van der Waals surface area contributed by atoms with E-state index in [1.165, 1.54) is 25.7 Å². The van der Waals surface area contributed by atoms with Crippen molar-refractivity contribution >= 4 is 5.91 Å². The van der Waals surface area contributed by atoms with Crippen molar-refractivity contribution in [1.29, 1.82) is 0 Å². The fraction of sp³-hybridized carbons (Fsp3) is 0.650. The Morgan fingerprint density at radius 3 is 2.46 bits per heavy atom. The largest absolute Gasteiger partial charge is 0.492 e. The van der Waals surface area contributed by atoms with Crippen LogP contribution in [0.1, 0.15) is 45.4 Å². The van der Waals surface area contributed by atoms with E-state index in [0.29, 0.717) is 12.1 Å². The summed E-state index contributed by atoms with van der Waals surface area (Å²) < 4.78 is 5.82. The first-order valence-corrected chi connectivity index (χ1v) is 9.43. The summed E-state index contributed by atoms with van der Waals surface area (Å²) in [5, 5.41) is 0. The summed E-state index contributed by atoms with van der Waals surface area (Å²) in [5.41, 5.74) is 0. The van der Waals surface area contributed by atoms with Crippen LogP contribution in [0.3, 0.4) is 0 Å². The zero-order chi connectivity index (χ0) is 16.8. The van der Waals surface area contributed by atoms with Crippen LogP contribution in [-0.4, -0.2) is 54.0 Å². The summed E-state index contributed by atoms with van der Waals surface area (Å²) in [6.45, 7) is 5.62. The van der Waals surface area contributed by atoms with Gasteiger partial charge in [-0.05, 0) is 57.2 Å². The van der Waals surface area contributed by atoms with Crippen molar-refractivity contribution in [3.63, 3.8) is 0 Å². The Bertz CT molecular complexity index is 516. The minimum Gasteiger partial charge on any atom is -0.492 e. The quantitative estimate of drug-likeness (QED) is 0.802. The van der Waals surface area contributed by atoms with Gasteiger partial charge in [0.2, 0.25) is 5.91 Å². The molecule has 0 spiro atoms. The molecule has 0 bridgehead atoms. The second kappa shape index (κ2) is 8.52. The van der Waals surface area contributed by atoms with Crippen LogP contribution in [0, 0.1) is 0 Å². The highest BCUT2D eigenvalue weighted by atomic mass is 16.5. The molecule has 1 aliphatic heterocycles. The van der Waals surface area contributed by atoms with Gasteiger partial charge in [0, 0.05) is 32.1 Å². The highest BCUT2D eigenvalue weighted by Gasteiger charge is 2.33. The van der Waals surface area contributed by atoms with Gasteiger partial charge in [-0.3, -0.25) is 9.69 Å². The first kappa shape index (κ1) is 17.3. The van der Waals surface area contributed by atoms with Gasteiger partial charge in [0.15, 0.2) is 0 Å². The minimum atomic E-state index is 0.269. The maximum Gasteiger partial charge on any atom is 0.219 e. The third-order valence-corrected chi connectivity index (χ3v) is 5.43. The van der Waals surface area contributed by atoms with E-state index in [2.05, 4.69) is 9.80 Å². The molecule has 0 radical (unpaired) electrons. The molecule has 1 aromatic rings. The maximum atomic E-state index is 12.1. The molecule has 3 rings (SSSR count). The number of carbonyl (C=O) groups is 1. The van der Waals surface area contributed by atoms with Gasteiger partial charge in [-0.1, -0.05) is 18.2 Å². The van der Waals surface area contributed by atoms with Crippen molar-refractivity contribution in [2.45, 2.75) is 57.5 Å². The topological polar surface area (TPSA) is 32.8 Å². The summed E-state index contributed by atoms with van der Waals surface area (Å²) in [6.07, 6.45) is 7.10. The molecule has 1 atom stereocenters. The SMILES string of the molecule is CC(=O)N(C1CCC1)[C@H]1CCCN(CCOc2ccccc2)CC1.